The maximum atomic E-state index is 14.4. The van der Waals surface area contributed by atoms with Gasteiger partial charge in [-0.2, -0.15) is 0 Å². The molecule has 3 rings (SSSR count). The minimum atomic E-state index is -0.584. The number of esters is 1. The van der Waals surface area contributed by atoms with E-state index in [-0.39, 0.29) is 5.75 Å². The predicted molar refractivity (Wildman–Crippen MR) is 105 cm³/mol. The third-order valence-electron chi connectivity index (χ3n) is 4.27. The van der Waals surface area contributed by atoms with Crippen molar-refractivity contribution in [3.05, 3.63) is 89.2 Å². The zero-order valence-electron chi connectivity index (χ0n) is 15.0. The van der Waals surface area contributed by atoms with Gasteiger partial charge in [0, 0.05) is 6.42 Å². The zero-order chi connectivity index (χ0) is 19.2. The lowest BCUT2D eigenvalue weighted by Crippen LogP contribution is -2.09. The number of benzene rings is 3. The molecule has 0 unspecified atom stereocenters. The molecule has 0 heterocycles. The average molecular weight is 358 g/mol. The van der Waals surface area contributed by atoms with Crippen LogP contribution in [0.15, 0.2) is 66.7 Å². The van der Waals surface area contributed by atoms with Crippen LogP contribution in [-0.2, 0) is 6.42 Å². The van der Waals surface area contributed by atoms with Crippen LogP contribution in [0.2, 0.25) is 0 Å². The highest BCUT2D eigenvalue weighted by Gasteiger charge is 2.13. The summed E-state index contributed by atoms with van der Waals surface area (Å²) in [6.45, 7) is 1.93. The summed E-state index contributed by atoms with van der Waals surface area (Å²) in [5.41, 5.74) is 4.15. The lowest BCUT2D eigenvalue weighted by molar-refractivity contribution is 0.0728. The van der Waals surface area contributed by atoms with Crippen LogP contribution < -0.4 is 4.74 Å². The van der Waals surface area contributed by atoms with Crippen LogP contribution in [0.3, 0.4) is 0 Å². The van der Waals surface area contributed by atoms with Crippen LogP contribution in [0.1, 0.15) is 27.9 Å². The molecule has 3 heteroatoms. The van der Waals surface area contributed by atoms with E-state index in [0.717, 1.165) is 23.1 Å². The summed E-state index contributed by atoms with van der Waals surface area (Å²) < 4.78 is 19.6. The molecule has 0 radical (unpaired) electrons. The molecule has 0 aliphatic heterocycles. The molecular weight excluding hydrogens is 339 g/mol. The minimum absolute atomic E-state index is 0.0880. The smallest absolute Gasteiger partial charge is 0.343 e. The quantitative estimate of drug-likeness (QED) is 0.338. The van der Waals surface area contributed by atoms with E-state index >= 15 is 0 Å². The van der Waals surface area contributed by atoms with E-state index in [1.807, 2.05) is 43.3 Å². The first-order chi connectivity index (χ1) is 13.1. The lowest BCUT2D eigenvalue weighted by atomic mass is 10.0. The van der Waals surface area contributed by atoms with Crippen molar-refractivity contribution in [3.63, 3.8) is 0 Å². The Balaban J connectivity index is 1.74. The Hall–Kier alpha value is -3.38. The van der Waals surface area contributed by atoms with Gasteiger partial charge in [-0.05, 0) is 54.3 Å². The van der Waals surface area contributed by atoms with Crippen LogP contribution in [0.4, 0.5) is 4.39 Å². The maximum absolute atomic E-state index is 14.4. The van der Waals surface area contributed by atoms with Crippen LogP contribution in [0.25, 0.3) is 11.1 Å². The van der Waals surface area contributed by atoms with Crippen molar-refractivity contribution in [2.75, 3.05) is 0 Å². The summed E-state index contributed by atoms with van der Waals surface area (Å²) >= 11 is 0. The van der Waals surface area contributed by atoms with Gasteiger partial charge in [-0.15, -0.1) is 12.3 Å². The van der Waals surface area contributed by atoms with Gasteiger partial charge in [-0.25, -0.2) is 9.18 Å². The van der Waals surface area contributed by atoms with Crippen molar-refractivity contribution in [2.45, 2.75) is 19.8 Å². The molecule has 27 heavy (non-hydrogen) atoms. The number of hydrogen-bond donors (Lipinski definition) is 0. The number of rotatable bonds is 5. The fraction of sp³-hybridized carbons (Fsp3) is 0.125. The van der Waals surface area contributed by atoms with Crippen molar-refractivity contribution < 1.29 is 13.9 Å². The molecule has 0 bridgehead atoms. The molecule has 0 fully saturated rings. The first-order valence-corrected chi connectivity index (χ1v) is 8.68. The Morgan fingerprint density at radius 3 is 2.30 bits per heavy atom. The van der Waals surface area contributed by atoms with Gasteiger partial charge < -0.3 is 4.74 Å². The number of hydrogen-bond acceptors (Lipinski definition) is 2. The second-order valence-corrected chi connectivity index (χ2v) is 6.30. The van der Waals surface area contributed by atoms with Crippen molar-refractivity contribution in [1.82, 2.24) is 0 Å². The Morgan fingerprint density at radius 2 is 1.67 bits per heavy atom. The number of carbonyl (C=O) groups excluding carboxylic acids is 1. The summed E-state index contributed by atoms with van der Waals surface area (Å²) in [7, 11) is 0. The summed E-state index contributed by atoms with van der Waals surface area (Å²) in [4.78, 5) is 12.2. The molecule has 0 saturated heterocycles. The molecular formula is C24H19FO2. The van der Waals surface area contributed by atoms with Crippen molar-refractivity contribution in [2.24, 2.45) is 0 Å². The van der Waals surface area contributed by atoms with Gasteiger partial charge in [0.05, 0.1) is 5.56 Å². The molecule has 0 aromatic heterocycles. The van der Waals surface area contributed by atoms with Gasteiger partial charge in [-0.1, -0.05) is 48.0 Å². The predicted octanol–water partition coefficient (Wildman–Crippen LogP) is 5.59. The van der Waals surface area contributed by atoms with Gasteiger partial charge in [0.25, 0.3) is 0 Å². The number of halogens is 1. The van der Waals surface area contributed by atoms with Crippen LogP contribution >= 0.6 is 0 Å². The Kier molecular flexibility index (Phi) is 5.68. The highest BCUT2D eigenvalue weighted by atomic mass is 19.1. The molecule has 0 saturated carbocycles. The number of carbonyl (C=O) groups is 1. The van der Waals surface area contributed by atoms with Gasteiger partial charge in [-0.3, -0.25) is 0 Å². The van der Waals surface area contributed by atoms with E-state index in [4.69, 9.17) is 11.2 Å². The number of ether oxygens (including phenoxy) is 1. The standard InChI is InChI=1S/C24H19FO2/c1-3-4-5-18-8-12-19(13-9-18)21-14-15-23(22(25)16-21)27-24(26)20-10-6-17(2)7-11-20/h1,6-16H,4-5H2,2H3. The third kappa shape index (κ3) is 4.62. The van der Waals surface area contributed by atoms with Crippen molar-refractivity contribution in [1.29, 1.82) is 0 Å². The van der Waals surface area contributed by atoms with E-state index in [1.165, 1.54) is 12.1 Å². The Morgan fingerprint density at radius 1 is 1.00 bits per heavy atom. The fourth-order valence-corrected chi connectivity index (χ4v) is 2.69. The molecule has 2 nitrogen and oxygen atoms in total. The van der Waals surface area contributed by atoms with Crippen molar-refractivity contribution >= 4 is 5.97 Å². The first-order valence-electron chi connectivity index (χ1n) is 8.68. The van der Waals surface area contributed by atoms with Gasteiger partial charge in [0.15, 0.2) is 11.6 Å². The summed E-state index contributed by atoms with van der Waals surface area (Å²) in [6, 6.07) is 19.3. The topological polar surface area (TPSA) is 26.3 Å². The van der Waals surface area contributed by atoms with E-state index in [9.17, 15) is 9.18 Å². The molecule has 0 amide bonds. The highest BCUT2D eigenvalue weighted by molar-refractivity contribution is 5.91. The second kappa shape index (κ2) is 8.33. The van der Waals surface area contributed by atoms with Gasteiger partial charge in [0.2, 0.25) is 0 Å². The van der Waals surface area contributed by atoms with Crippen LogP contribution in [0, 0.1) is 25.1 Å². The summed E-state index contributed by atoms with van der Waals surface area (Å²) in [6.07, 6.45) is 6.79. The average Bonchev–Trinajstić information content (AvgIpc) is 2.69. The monoisotopic (exact) mass is 358 g/mol. The fourth-order valence-electron chi connectivity index (χ4n) is 2.69. The van der Waals surface area contributed by atoms with Crippen LogP contribution in [-0.4, -0.2) is 5.97 Å². The van der Waals surface area contributed by atoms with E-state index in [0.29, 0.717) is 17.5 Å². The zero-order valence-corrected chi connectivity index (χ0v) is 15.0. The second-order valence-electron chi connectivity index (χ2n) is 6.30. The third-order valence-corrected chi connectivity index (χ3v) is 4.27. The normalized spacial score (nSPS) is 10.3. The lowest BCUT2D eigenvalue weighted by Gasteiger charge is -2.08. The molecule has 3 aromatic rings. The largest absolute Gasteiger partial charge is 0.420 e. The maximum Gasteiger partial charge on any atom is 0.343 e. The summed E-state index contributed by atoms with van der Waals surface area (Å²) in [5, 5.41) is 0. The SMILES string of the molecule is C#CCCc1ccc(-c2ccc(OC(=O)c3ccc(C)cc3)c(F)c2)cc1. The molecule has 0 spiro atoms. The molecule has 0 N–H and O–H groups in total. The highest BCUT2D eigenvalue weighted by Crippen LogP contribution is 2.26. The molecule has 3 aromatic carbocycles. The van der Waals surface area contributed by atoms with Gasteiger partial charge in [0.1, 0.15) is 0 Å². The van der Waals surface area contributed by atoms with Gasteiger partial charge >= 0.3 is 5.97 Å². The first kappa shape index (κ1) is 18.4. The Labute approximate surface area is 158 Å². The number of aryl methyl sites for hydroxylation is 2. The molecule has 0 aliphatic rings. The molecule has 0 aliphatic carbocycles. The van der Waals surface area contributed by atoms with Crippen LogP contribution in [0.5, 0.6) is 5.75 Å². The minimum Gasteiger partial charge on any atom is -0.420 e. The Bertz CT molecular complexity index is 980. The van der Waals surface area contributed by atoms with E-state index < -0.39 is 11.8 Å². The molecule has 134 valence electrons. The molecule has 0 atom stereocenters. The summed E-state index contributed by atoms with van der Waals surface area (Å²) in [5.74, 6) is 1.36. The van der Waals surface area contributed by atoms with E-state index in [1.54, 1.807) is 18.2 Å². The van der Waals surface area contributed by atoms with E-state index in [2.05, 4.69) is 5.92 Å². The van der Waals surface area contributed by atoms with Crippen molar-refractivity contribution in [3.8, 4) is 29.2 Å². The number of terminal acetylenes is 1.